The van der Waals surface area contributed by atoms with Crippen LogP contribution in [0.3, 0.4) is 0 Å². The van der Waals surface area contributed by atoms with Crippen molar-refractivity contribution < 1.29 is 14.3 Å². The monoisotopic (exact) mass is 233 g/mol. The molecule has 0 unspecified atom stereocenters. The van der Waals surface area contributed by atoms with Gasteiger partial charge in [-0.3, -0.25) is 0 Å². The van der Waals surface area contributed by atoms with Crippen LogP contribution in [0.5, 0.6) is 0 Å². The Balaban J connectivity index is 2.11. The maximum atomic E-state index is 10.9. The van der Waals surface area contributed by atoms with Gasteiger partial charge in [0.05, 0.1) is 12.7 Å². The SMILES string of the molecule is Cc1cnc(CNc2ncccc2C(=O)O)o1. The molecule has 2 rings (SSSR count). The van der Waals surface area contributed by atoms with E-state index in [4.69, 9.17) is 9.52 Å². The van der Waals surface area contributed by atoms with E-state index in [0.717, 1.165) is 0 Å². The highest BCUT2D eigenvalue weighted by Gasteiger charge is 2.10. The lowest BCUT2D eigenvalue weighted by Gasteiger charge is -2.05. The van der Waals surface area contributed by atoms with Gasteiger partial charge < -0.3 is 14.8 Å². The van der Waals surface area contributed by atoms with Gasteiger partial charge in [0.15, 0.2) is 0 Å². The molecule has 6 heteroatoms. The standard InChI is InChI=1S/C11H11N3O3/c1-7-5-13-9(17-7)6-14-10-8(11(15)16)3-2-4-12-10/h2-5H,6H2,1H3,(H,12,14)(H,15,16). The Morgan fingerprint density at radius 3 is 3.00 bits per heavy atom. The Labute approximate surface area is 97.3 Å². The fourth-order valence-electron chi connectivity index (χ4n) is 1.36. The van der Waals surface area contributed by atoms with Gasteiger partial charge in [0, 0.05) is 6.20 Å². The zero-order valence-electron chi connectivity index (χ0n) is 9.17. The lowest BCUT2D eigenvalue weighted by molar-refractivity contribution is 0.0697. The van der Waals surface area contributed by atoms with Gasteiger partial charge in [-0.15, -0.1) is 0 Å². The lowest BCUT2D eigenvalue weighted by atomic mass is 10.2. The van der Waals surface area contributed by atoms with E-state index in [1.165, 1.54) is 12.3 Å². The molecule has 2 heterocycles. The topological polar surface area (TPSA) is 88.2 Å². The predicted molar refractivity (Wildman–Crippen MR) is 59.8 cm³/mol. The van der Waals surface area contributed by atoms with Crippen molar-refractivity contribution in [2.45, 2.75) is 13.5 Å². The van der Waals surface area contributed by atoms with E-state index in [9.17, 15) is 4.79 Å². The largest absolute Gasteiger partial charge is 0.478 e. The van der Waals surface area contributed by atoms with Crippen LogP contribution in [-0.2, 0) is 6.54 Å². The Hall–Kier alpha value is -2.37. The van der Waals surface area contributed by atoms with Crippen molar-refractivity contribution >= 4 is 11.8 Å². The summed E-state index contributed by atoms with van der Waals surface area (Å²) in [5.41, 5.74) is 0.121. The first-order chi connectivity index (χ1) is 8.16. The quantitative estimate of drug-likeness (QED) is 0.835. The number of aromatic nitrogens is 2. The summed E-state index contributed by atoms with van der Waals surface area (Å²) in [6, 6.07) is 3.06. The highest BCUT2D eigenvalue weighted by molar-refractivity contribution is 5.92. The van der Waals surface area contributed by atoms with Crippen LogP contribution in [-0.4, -0.2) is 21.0 Å². The molecule has 0 saturated heterocycles. The van der Waals surface area contributed by atoms with Crippen molar-refractivity contribution in [3.63, 3.8) is 0 Å². The first-order valence-electron chi connectivity index (χ1n) is 5.00. The molecule has 0 atom stereocenters. The Morgan fingerprint density at radius 1 is 1.53 bits per heavy atom. The smallest absolute Gasteiger partial charge is 0.339 e. The number of nitrogens with one attached hydrogen (secondary N) is 1. The molecule has 0 spiro atoms. The number of hydrogen-bond acceptors (Lipinski definition) is 5. The third-order valence-corrected chi connectivity index (χ3v) is 2.11. The van der Waals surface area contributed by atoms with E-state index >= 15 is 0 Å². The van der Waals surface area contributed by atoms with E-state index < -0.39 is 5.97 Å². The van der Waals surface area contributed by atoms with Crippen LogP contribution >= 0.6 is 0 Å². The highest BCUT2D eigenvalue weighted by atomic mass is 16.4. The Kier molecular flexibility index (Phi) is 3.04. The molecule has 0 saturated carbocycles. The minimum atomic E-state index is -1.02. The van der Waals surface area contributed by atoms with Crippen LogP contribution in [0.1, 0.15) is 22.0 Å². The maximum Gasteiger partial charge on any atom is 0.339 e. The molecule has 2 N–H and O–H groups in total. The summed E-state index contributed by atoms with van der Waals surface area (Å²) in [5.74, 6) is 0.478. The van der Waals surface area contributed by atoms with Crippen LogP contribution in [0.4, 0.5) is 5.82 Å². The van der Waals surface area contributed by atoms with E-state index in [-0.39, 0.29) is 5.56 Å². The summed E-state index contributed by atoms with van der Waals surface area (Å²) < 4.78 is 5.26. The summed E-state index contributed by atoms with van der Waals surface area (Å²) in [5, 5.41) is 11.8. The first kappa shape index (κ1) is 11.1. The zero-order valence-corrected chi connectivity index (χ0v) is 9.17. The minimum Gasteiger partial charge on any atom is -0.478 e. The van der Waals surface area contributed by atoms with Crippen LogP contribution in [0.2, 0.25) is 0 Å². The van der Waals surface area contributed by atoms with Gasteiger partial charge >= 0.3 is 5.97 Å². The maximum absolute atomic E-state index is 10.9. The normalized spacial score (nSPS) is 10.2. The summed E-state index contributed by atoms with van der Waals surface area (Å²) in [6.45, 7) is 2.09. The number of aryl methyl sites for hydroxylation is 1. The van der Waals surface area contributed by atoms with Gasteiger partial charge in [-0.1, -0.05) is 0 Å². The number of carboxylic acid groups (broad SMARTS) is 1. The summed E-state index contributed by atoms with van der Waals surface area (Å²) >= 11 is 0. The number of anilines is 1. The number of aromatic carboxylic acids is 1. The molecule has 17 heavy (non-hydrogen) atoms. The molecule has 0 amide bonds. The van der Waals surface area contributed by atoms with E-state index in [0.29, 0.717) is 24.0 Å². The van der Waals surface area contributed by atoms with E-state index in [1.54, 1.807) is 19.2 Å². The van der Waals surface area contributed by atoms with Gasteiger partial charge in [0.2, 0.25) is 5.89 Å². The van der Waals surface area contributed by atoms with Gasteiger partial charge in [0.1, 0.15) is 17.1 Å². The van der Waals surface area contributed by atoms with Crippen molar-refractivity contribution in [1.29, 1.82) is 0 Å². The highest BCUT2D eigenvalue weighted by Crippen LogP contribution is 2.12. The summed E-state index contributed by atoms with van der Waals surface area (Å²) in [7, 11) is 0. The van der Waals surface area contributed by atoms with Crippen molar-refractivity contribution in [3.8, 4) is 0 Å². The van der Waals surface area contributed by atoms with Crippen LogP contribution in [0, 0.1) is 6.92 Å². The molecule has 88 valence electrons. The number of oxazole rings is 1. The Morgan fingerprint density at radius 2 is 2.35 bits per heavy atom. The van der Waals surface area contributed by atoms with Crippen LogP contribution < -0.4 is 5.32 Å². The number of carbonyl (C=O) groups is 1. The Bertz CT molecular complexity index is 536. The number of hydrogen-bond donors (Lipinski definition) is 2. The molecule has 2 aromatic heterocycles. The number of rotatable bonds is 4. The third kappa shape index (κ3) is 2.60. The summed E-state index contributed by atoms with van der Waals surface area (Å²) in [6.07, 6.45) is 3.13. The van der Waals surface area contributed by atoms with Crippen molar-refractivity contribution in [3.05, 3.63) is 41.7 Å². The average Bonchev–Trinajstić information content (AvgIpc) is 2.73. The zero-order chi connectivity index (χ0) is 12.3. The van der Waals surface area contributed by atoms with E-state index in [1.807, 2.05) is 0 Å². The number of nitrogens with zero attached hydrogens (tertiary/aromatic N) is 2. The van der Waals surface area contributed by atoms with Gasteiger partial charge in [-0.05, 0) is 19.1 Å². The van der Waals surface area contributed by atoms with Gasteiger partial charge in [0.25, 0.3) is 0 Å². The molecule has 0 radical (unpaired) electrons. The second-order valence-corrected chi connectivity index (χ2v) is 3.42. The number of carboxylic acids is 1. The molecular formula is C11H11N3O3. The fourth-order valence-corrected chi connectivity index (χ4v) is 1.36. The van der Waals surface area contributed by atoms with Crippen molar-refractivity contribution in [1.82, 2.24) is 9.97 Å². The van der Waals surface area contributed by atoms with Crippen molar-refractivity contribution in [2.75, 3.05) is 5.32 Å². The van der Waals surface area contributed by atoms with Crippen LogP contribution in [0.15, 0.2) is 28.9 Å². The fraction of sp³-hybridized carbons (Fsp3) is 0.182. The van der Waals surface area contributed by atoms with Gasteiger partial charge in [-0.25, -0.2) is 14.8 Å². The molecular weight excluding hydrogens is 222 g/mol. The average molecular weight is 233 g/mol. The molecule has 2 aromatic rings. The molecule has 0 aromatic carbocycles. The second-order valence-electron chi connectivity index (χ2n) is 3.42. The minimum absolute atomic E-state index is 0.121. The second kappa shape index (κ2) is 4.65. The van der Waals surface area contributed by atoms with E-state index in [2.05, 4.69) is 15.3 Å². The lowest BCUT2D eigenvalue weighted by Crippen LogP contribution is -2.08. The first-order valence-corrected chi connectivity index (χ1v) is 5.00. The molecule has 0 aliphatic carbocycles. The number of pyridine rings is 1. The predicted octanol–water partition coefficient (Wildman–Crippen LogP) is 1.69. The molecule has 0 fully saturated rings. The summed E-state index contributed by atoms with van der Waals surface area (Å²) in [4.78, 5) is 18.9. The van der Waals surface area contributed by atoms with Crippen LogP contribution in [0.25, 0.3) is 0 Å². The molecule has 0 bridgehead atoms. The molecule has 0 aliphatic heterocycles. The molecule has 0 aliphatic rings. The van der Waals surface area contributed by atoms with Gasteiger partial charge in [-0.2, -0.15) is 0 Å². The molecule has 6 nitrogen and oxygen atoms in total. The third-order valence-electron chi connectivity index (χ3n) is 2.11. The van der Waals surface area contributed by atoms with Crippen molar-refractivity contribution in [2.24, 2.45) is 0 Å².